The van der Waals surface area contributed by atoms with Crippen LogP contribution >= 0.6 is 0 Å². The fourth-order valence-electron chi connectivity index (χ4n) is 13.1. The Bertz CT molecular complexity index is 3210. The van der Waals surface area contributed by atoms with Gasteiger partial charge in [-0.15, -0.1) is 0 Å². The lowest BCUT2D eigenvalue weighted by atomic mass is 9.68. The SMILES string of the molecule is CCC(CC)(c1ccc(C#CC2(O[Si](C)(C)C)CCCC2)c(C)c1)c1ccc(B2OC(C)(C)C(C)(C)O2)c(C)c1.CCc1ccc(-c2ccc(C(CC)(CC)c3ccc(C#CC4(O[Si](C)(C)C)CCCC4)c(C)c3)cc2C)cc1F.O=C=O. The lowest BCUT2D eigenvalue weighted by molar-refractivity contribution is -0.191. The molecule has 5 aromatic carbocycles. The van der Waals surface area contributed by atoms with Crippen molar-refractivity contribution in [3.05, 3.63) is 158 Å². The fraction of sp³-hybridized carbons (Fsp3) is 0.521. The third-order valence-corrected chi connectivity index (χ3v) is 20.5. The van der Waals surface area contributed by atoms with Crippen molar-refractivity contribution in [3.63, 3.8) is 0 Å². The highest BCUT2D eigenvalue weighted by Crippen LogP contribution is 2.44. The van der Waals surface area contributed by atoms with Crippen LogP contribution in [0.25, 0.3) is 11.1 Å². The first-order valence-electron chi connectivity index (χ1n) is 31.0. The molecule has 2 saturated carbocycles. The molecule has 0 unspecified atom stereocenters. The van der Waals surface area contributed by atoms with Crippen LogP contribution in [-0.4, -0.2) is 52.3 Å². The molecule has 83 heavy (non-hydrogen) atoms. The van der Waals surface area contributed by atoms with Crippen LogP contribution in [0.4, 0.5) is 4.39 Å². The van der Waals surface area contributed by atoms with E-state index in [4.69, 9.17) is 27.7 Å². The Morgan fingerprint density at radius 1 is 0.530 bits per heavy atom. The van der Waals surface area contributed by atoms with Crippen molar-refractivity contribution >= 4 is 35.4 Å². The van der Waals surface area contributed by atoms with E-state index in [9.17, 15) is 4.39 Å². The van der Waals surface area contributed by atoms with Crippen LogP contribution in [0, 0.1) is 57.2 Å². The monoisotopic (exact) mass is 1160 g/mol. The summed E-state index contributed by atoms with van der Waals surface area (Å²) in [5.74, 6) is 14.2. The van der Waals surface area contributed by atoms with E-state index in [1.165, 1.54) is 70.2 Å². The molecule has 0 bridgehead atoms. The van der Waals surface area contributed by atoms with Gasteiger partial charge in [0.15, 0.2) is 16.6 Å². The van der Waals surface area contributed by atoms with Crippen LogP contribution in [0.5, 0.6) is 0 Å². The average molecular weight is 1160 g/mol. The van der Waals surface area contributed by atoms with Gasteiger partial charge in [-0.1, -0.05) is 137 Å². The van der Waals surface area contributed by atoms with E-state index in [-0.39, 0.29) is 52.3 Å². The Hall–Kier alpha value is -5.13. The first-order valence-corrected chi connectivity index (χ1v) is 37.8. The number of hydrogen-bond acceptors (Lipinski definition) is 6. The van der Waals surface area contributed by atoms with E-state index in [2.05, 4.69) is 219 Å². The summed E-state index contributed by atoms with van der Waals surface area (Å²) in [6.07, 6.45) is 14.0. The number of rotatable bonds is 15. The minimum atomic E-state index is -1.69. The Kier molecular flexibility index (Phi) is 21.8. The Balaban J connectivity index is 0.000000255. The quantitative estimate of drug-likeness (QED) is 0.0768. The van der Waals surface area contributed by atoms with Crippen molar-refractivity contribution < 1.29 is 32.1 Å². The maximum atomic E-state index is 14.6. The maximum absolute atomic E-state index is 14.6. The largest absolute Gasteiger partial charge is 0.495 e. The van der Waals surface area contributed by atoms with E-state index in [1.807, 2.05) is 19.1 Å². The van der Waals surface area contributed by atoms with Crippen LogP contribution in [0.15, 0.2) is 91.0 Å². The van der Waals surface area contributed by atoms with Crippen LogP contribution in [0.1, 0.15) is 201 Å². The first-order chi connectivity index (χ1) is 38.9. The Morgan fingerprint density at radius 2 is 0.904 bits per heavy atom. The molecule has 1 saturated heterocycles. The molecule has 1 aliphatic heterocycles. The molecule has 444 valence electrons. The van der Waals surface area contributed by atoms with Crippen molar-refractivity contribution in [1.82, 2.24) is 0 Å². The zero-order valence-corrected chi connectivity index (χ0v) is 56.3. The van der Waals surface area contributed by atoms with Gasteiger partial charge in [-0.2, -0.15) is 9.59 Å². The van der Waals surface area contributed by atoms with E-state index >= 15 is 0 Å². The van der Waals surface area contributed by atoms with Gasteiger partial charge in [-0.3, -0.25) is 0 Å². The third-order valence-electron chi connectivity index (χ3n) is 18.5. The topological polar surface area (TPSA) is 71.1 Å². The molecular formula is C73H98BFO6Si2. The van der Waals surface area contributed by atoms with Crippen LogP contribution in [0.2, 0.25) is 39.3 Å². The molecule has 0 amide bonds. The minimum Gasteiger partial charge on any atom is -0.402 e. The molecule has 0 aromatic heterocycles. The normalized spacial score (nSPS) is 17.0. The summed E-state index contributed by atoms with van der Waals surface area (Å²) in [4.78, 5) is 16.2. The summed E-state index contributed by atoms with van der Waals surface area (Å²) in [7, 11) is -3.71. The van der Waals surface area contributed by atoms with Gasteiger partial charge < -0.3 is 18.2 Å². The van der Waals surface area contributed by atoms with Gasteiger partial charge in [0.2, 0.25) is 0 Å². The number of benzene rings is 5. The zero-order chi connectivity index (χ0) is 61.4. The molecule has 0 spiro atoms. The fourth-order valence-corrected chi connectivity index (χ4v) is 16.0. The molecule has 0 atom stereocenters. The number of halogens is 1. The molecule has 3 aliphatic rings. The molecule has 3 fully saturated rings. The second-order valence-corrected chi connectivity index (χ2v) is 35.8. The van der Waals surface area contributed by atoms with Crippen molar-refractivity contribution in [3.8, 4) is 34.8 Å². The van der Waals surface area contributed by atoms with Gasteiger partial charge in [0, 0.05) is 22.0 Å². The van der Waals surface area contributed by atoms with Crippen molar-refractivity contribution in [2.75, 3.05) is 0 Å². The molecule has 10 heteroatoms. The molecular weight excluding hydrogens is 1060 g/mol. The summed E-state index contributed by atoms with van der Waals surface area (Å²) in [5.41, 5.74) is 14.9. The van der Waals surface area contributed by atoms with E-state index in [1.54, 1.807) is 6.07 Å². The highest BCUT2D eigenvalue weighted by atomic mass is 28.4. The zero-order valence-electron chi connectivity index (χ0n) is 54.3. The summed E-state index contributed by atoms with van der Waals surface area (Å²) < 4.78 is 40.6. The summed E-state index contributed by atoms with van der Waals surface area (Å²) in [5, 5.41) is 0. The highest BCUT2D eigenvalue weighted by molar-refractivity contribution is 6.70. The number of carbonyl (C=O) groups excluding carboxylic acids is 2. The Labute approximate surface area is 503 Å². The molecule has 6 nitrogen and oxygen atoms in total. The van der Waals surface area contributed by atoms with Gasteiger partial charge in [-0.05, 0) is 257 Å². The molecule has 1 heterocycles. The Morgan fingerprint density at radius 3 is 1.24 bits per heavy atom. The van der Waals surface area contributed by atoms with Crippen LogP contribution in [-0.2, 0) is 45.0 Å². The van der Waals surface area contributed by atoms with Gasteiger partial charge in [0.1, 0.15) is 17.0 Å². The average Bonchev–Trinajstić information content (AvgIpc) is 4.32. The van der Waals surface area contributed by atoms with Crippen LogP contribution in [0.3, 0.4) is 0 Å². The van der Waals surface area contributed by atoms with Crippen molar-refractivity contribution in [2.24, 2.45) is 0 Å². The maximum Gasteiger partial charge on any atom is 0.495 e. The smallest absolute Gasteiger partial charge is 0.402 e. The molecule has 8 rings (SSSR count). The van der Waals surface area contributed by atoms with Gasteiger partial charge in [-0.25, -0.2) is 4.39 Å². The lowest BCUT2D eigenvalue weighted by Gasteiger charge is -2.34. The number of aryl methyl sites for hydroxylation is 5. The van der Waals surface area contributed by atoms with E-state index in [0.717, 1.165) is 84.6 Å². The third kappa shape index (κ3) is 15.5. The predicted octanol–water partition coefficient (Wildman–Crippen LogP) is 17.9. The predicted molar refractivity (Wildman–Crippen MR) is 348 cm³/mol. The molecule has 2 aliphatic carbocycles. The standard InChI is InChI=1S/C37H47FOSi.C35H51BO3Si.CO2/c1-9-29-14-15-31(26-35(29)38)34-19-18-33(25-28(34)5)37(10-2,11-3)32-17-16-30(27(4)24-32)20-23-36(21-12-13-22-36)39-40(6,7)8;1-12-35(13-2,30-18-19-31(27(4)25-30)36-37-32(5,6)33(7,8)38-36)29-17-16-28(26(3)24-29)20-23-34(21-14-15-22-34)39-40(9,10)11;2-1-3/h14-19,24-26H,9-13,21-22H2,1-8H3;16-19,24-25H,12-15,21-22H2,1-11H3;. The molecule has 0 radical (unpaired) electrons. The van der Waals surface area contributed by atoms with Crippen molar-refractivity contribution in [1.29, 1.82) is 0 Å². The van der Waals surface area contributed by atoms with Gasteiger partial charge in [0.25, 0.3) is 0 Å². The summed E-state index contributed by atoms with van der Waals surface area (Å²) in [6, 6.07) is 33.0. The minimum absolute atomic E-state index is 0.0659. The summed E-state index contributed by atoms with van der Waals surface area (Å²) in [6.45, 7) is 41.9. The second-order valence-electron chi connectivity index (χ2n) is 26.9. The molecule has 5 aromatic rings. The van der Waals surface area contributed by atoms with Crippen molar-refractivity contribution in [2.45, 2.75) is 246 Å². The summed E-state index contributed by atoms with van der Waals surface area (Å²) >= 11 is 0. The van der Waals surface area contributed by atoms with Crippen LogP contribution < -0.4 is 5.46 Å². The van der Waals surface area contributed by atoms with Gasteiger partial charge in [0.05, 0.1) is 11.2 Å². The first kappa shape index (κ1) is 67.0. The van der Waals surface area contributed by atoms with E-state index < -0.39 is 16.6 Å². The second kappa shape index (κ2) is 27.1. The number of hydrogen-bond donors (Lipinski definition) is 0. The van der Waals surface area contributed by atoms with Gasteiger partial charge >= 0.3 is 13.3 Å². The van der Waals surface area contributed by atoms with E-state index in [0.29, 0.717) is 6.42 Å². The lowest BCUT2D eigenvalue weighted by Crippen LogP contribution is -2.41. The highest BCUT2D eigenvalue weighted by Gasteiger charge is 2.52. The molecule has 0 N–H and O–H groups in total.